The zero-order valence-corrected chi connectivity index (χ0v) is 25.1. The minimum Gasteiger partial charge on any atom is -0.481 e. The summed E-state index contributed by atoms with van der Waals surface area (Å²) in [5.74, 6) is -4.37. The Bertz CT molecular complexity index is 904. The summed E-state index contributed by atoms with van der Waals surface area (Å²) in [7, 11) is 0. The van der Waals surface area contributed by atoms with Crippen LogP contribution >= 0.6 is 0 Å². The van der Waals surface area contributed by atoms with Crippen molar-refractivity contribution in [2.75, 3.05) is 85.8 Å². The van der Waals surface area contributed by atoms with Crippen LogP contribution in [0.25, 0.3) is 0 Å². The number of aliphatic carboxylic acids is 2. The number of hydrogen-bond donors (Lipinski definition) is 2. The maximum absolute atomic E-state index is 11.9. The minimum absolute atomic E-state index is 0.0247. The van der Waals surface area contributed by atoms with Gasteiger partial charge in [0.15, 0.2) is 0 Å². The Hall–Kier alpha value is -3.08. The number of ether oxygens (including phenoxy) is 6. The normalized spacial score (nSPS) is 13.5. The van der Waals surface area contributed by atoms with Crippen LogP contribution in [-0.2, 0) is 57.2 Å². The summed E-state index contributed by atoms with van der Waals surface area (Å²) in [6.07, 6.45) is 2.87. The lowest BCUT2D eigenvalue weighted by Crippen LogP contribution is -2.32. The number of carbonyl (C=O) groups is 6. The number of carboxylic acid groups (broad SMARTS) is 2. The lowest BCUT2D eigenvalue weighted by Gasteiger charge is -2.12. The van der Waals surface area contributed by atoms with Crippen molar-refractivity contribution in [1.29, 1.82) is 0 Å². The molecule has 0 aliphatic carbocycles. The Balaban J connectivity index is 1.78. The molecule has 0 aromatic heterocycles. The van der Waals surface area contributed by atoms with Gasteiger partial charge in [-0.3, -0.25) is 33.7 Å². The van der Waals surface area contributed by atoms with Crippen LogP contribution in [0.15, 0.2) is 12.2 Å². The molecule has 0 aromatic carbocycles. The van der Waals surface area contributed by atoms with Gasteiger partial charge < -0.3 is 38.6 Å². The van der Waals surface area contributed by atoms with Gasteiger partial charge in [-0.1, -0.05) is 0 Å². The van der Waals surface area contributed by atoms with E-state index in [2.05, 4.69) is 0 Å². The molecule has 0 radical (unpaired) electrons. The molecule has 15 nitrogen and oxygen atoms in total. The molecule has 15 heteroatoms. The fourth-order valence-corrected chi connectivity index (χ4v) is 3.76. The first-order chi connectivity index (χ1) is 21.2. The van der Waals surface area contributed by atoms with Gasteiger partial charge >= 0.3 is 11.9 Å². The molecule has 2 amide bonds. The standard InChI is InChI=1S/C29H45NO14/c31-24(7-9-30-26(33)4-5-27(30)34)2-1-10-39-12-14-41-16-18-43-20-21-44-19-17-42-15-13-40-11-8-25(32)22-23(29(37)38)3-6-28(35)36/h4-5,23H,1-3,6-22H2,(H,35,36)(H,37,38). The van der Waals surface area contributed by atoms with Crippen molar-refractivity contribution < 1.29 is 67.4 Å². The third-order valence-corrected chi connectivity index (χ3v) is 6.17. The van der Waals surface area contributed by atoms with E-state index in [1.54, 1.807) is 0 Å². The lowest BCUT2D eigenvalue weighted by atomic mass is 9.96. The number of hydrogen-bond acceptors (Lipinski definition) is 12. The highest BCUT2D eigenvalue weighted by Gasteiger charge is 2.23. The topological polar surface area (TPSA) is 202 Å². The van der Waals surface area contributed by atoms with Gasteiger partial charge in [-0.05, 0) is 12.8 Å². The van der Waals surface area contributed by atoms with Crippen molar-refractivity contribution in [2.45, 2.75) is 44.9 Å². The molecule has 1 aliphatic rings. The molecule has 1 rings (SSSR count). The van der Waals surface area contributed by atoms with Gasteiger partial charge in [0, 0.05) is 57.4 Å². The number of rotatable bonds is 31. The predicted octanol–water partition coefficient (Wildman–Crippen LogP) is 0.665. The Labute approximate surface area is 256 Å². The molecule has 0 bridgehead atoms. The number of imide groups is 1. The van der Waals surface area contributed by atoms with Gasteiger partial charge in [0.05, 0.1) is 78.6 Å². The van der Waals surface area contributed by atoms with Crippen molar-refractivity contribution in [3.8, 4) is 0 Å². The number of carbonyl (C=O) groups excluding carboxylic acids is 4. The van der Waals surface area contributed by atoms with Crippen molar-refractivity contribution >= 4 is 35.3 Å². The summed E-state index contributed by atoms with van der Waals surface area (Å²) in [5, 5.41) is 17.7. The molecular weight excluding hydrogens is 586 g/mol. The highest BCUT2D eigenvalue weighted by molar-refractivity contribution is 6.13. The van der Waals surface area contributed by atoms with Crippen LogP contribution in [0.4, 0.5) is 0 Å². The van der Waals surface area contributed by atoms with Gasteiger partial charge in [-0.15, -0.1) is 0 Å². The molecular formula is C29H45NO14. The third-order valence-electron chi connectivity index (χ3n) is 6.17. The first kappa shape index (κ1) is 38.9. The quantitative estimate of drug-likeness (QED) is 0.0798. The number of carboxylic acids is 2. The van der Waals surface area contributed by atoms with Crippen LogP contribution in [0, 0.1) is 5.92 Å². The molecule has 0 saturated heterocycles. The molecule has 1 aliphatic heterocycles. The second-order valence-electron chi connectivity index (χ2n) is 9.69. The van der Waals surface area contributed by atoms with E-state index in [0.29, 0.717) is 78.9 Å². The van der Waals surface area contributed by atoms with E-state index in [9.17, 15) is 28.8 Å². The Morgan fingerprint density at radius 3 is 1.50 bits per heavy atom. The van der Waals surface area contributed by atoms with Crippen LogP contribution in [0.2, 0.25) is 0 Å². The summed E-state index contributed by atoms with van der Waals surface area (Å²) in [6.45, 7) is 4.39. The first-order valence-electron chi connectivity index (χ1n) is 14.7. The van der Waals surface area contributed by atoms with Gasteiger partial charge in [0.1, 0.15) is 11.6 Å². The van der Waals surface area contributed by atoms with Crippen molar-refractivity contribution in [3.63, 3.8) is 0 Å². The summed E-state index contributed by atoms with van der Waals surface area (Å²) in [4.78, 5) is 69.4. The number of nitrogens with zero attached hydrogens (tertiary/aromatic N) is 1. The smallest absolute Gasteiger partial charge is 0.306 e. The van der Waals surface area contributed by atoms with Crippen molar-refractivity contribution in [2.24, 2.45) is 5.92 Å². The second kappa shape index (κ2) is 25.3. The molecule has 1 unspecified atom stereocenters. The van der Waals surface area contributed by atoms with Crippen molar-refractivity contribution in [3.05, 3.63) is 12.2 Å². The van der Waals surface area contributed by atoms with E-state index in [1.807, 2.05) is 0 Å². The monoisotopic (exact) mass is 631 g/mol. The summed E-state index contributed by atoms with van der Waals surface area (Å²) < 4.78 is 32.3. The maximum Gasteiger partial charge on any atom is 0.306 e. The Morgan fingerprint density at radius 2 is 1.05 bits per heavy atom. The minimum atomic E-state index is -1.18. The second-order valence-corrected chi connectivity index (χ2v) is 9.69. The van der Waals surface area contributed by atoms with E-state index in [0.717, 1.165) is 4.90 Å². The summed E-state index contributed by atoms with van der Waals surface area (Å²) in [6, 6.07) is 0. The number of amides is 2. The van der Waals surface area contributed by atoms with E-state index < -0.39 is 17.9 Å². The predicted molar refractivity (Wildman–Crippen MR) is 152 cm³/mol. The summed E-state index contributed by atoms with van der Waals surface area (Å²) >= 11 is 0. The zero-order valence-electron chi connectivity index (χ0n) is 25.1. The molecule has 0 spiro atoms. The van der Waals surface area contributed by atoms with Gasteiger partial charge in [-0.2, -0.15) is 0 Å². The van der Waals surface area contributed by atoms with E-state index in [4.69, 9.17) is 38.6 Å². The maximum atomic E-state index is 11.9. The fourth-order valence-electron chi connectivity index (χ4n) is 3.76. The number of ketones is 2. The average Bonchev–Trinajstić information content (AvgIpc) is 3.30. The molecule has 2 N–H and O–H groups in total. The van der Waals surface area contributed by atoms with Crippen LogP contribution in [-0.4, -0.2) is 136 Å². The largest absolute Gasteiger partial charge is 0.481 e. The average molecular weight is 632 g/mol. The van der Waals surface area contributed by atoms with Crippen molar-refractivity contribution in [1.82, 2.24) is 4.90 Å². The lowest BCUT2D eigenvalue weighted by molar-refractivity contribution is -0.145. The highest BCUT2D eigenvalue weighted by Crippen LogP contribution is 2.13. The molecule has 0 saturated carbocycles. The first-order valence-corrected chi connectivity index (χ1v) is 14.7. The van der Waals surface area contributed by atoms with E-state index in [1.165, 1.54) is 12.2 Å². The highest BCUT2D eigenvalue weighted by atomic mass is 16.6. The Kier molecular flexibility index (Phi) is 22.4. The van der Waals surface area contributed by atoms with Gasteiger partial charge in [0.2, 0.25) is 0 Å². The molecule has 0 aromatic rings. The fraction of sp³-hybridized carbons (Fsp3) is 0.724. The van der Waals surface area contributed by atoms with Crippen LogP contribution in [0.5, 0.6) is 0 Å². The molecule has 250 valence electrons. The van der Waals surface area contributed by atoms with Gasteiger partial charge in [-0.25, -0.2) is 0 Å². The molecule has 0 fully saturated rings. The van der Waals surface area contributed by atoms with E-state index in [-0.39, 0.29) is 75.2 Å². The molecule has 44 heavy (non-hydrogen) atoms. The van der Waals surface area contributed by atoms with Crippen LogP contribution < -0.4 is 0 Å². The van der Waals surface area contributed by atoms with Gasteiger partial charge in [0.25, 0.3) is 11.8 Å². The zero-order chi connectivity index (χ0) is 32.4. The number of Topliss-reactive ketones (excluding diaryl/α,β-unsaturated/α-hetero) is 2. The SMILES string of the molecule is O=C(O)CCC(CC(=O)CCOCCOCCOCCOCCOCCOCCCC(=O)CCN1C(=O)C=CC1=O)C(=O)O. The molecule has 1 atom stereocenters. The van der Waals surface area contributed by atoms with Crippen LogP contribution in [0.1, 0.15) is 44.9 Å². The van der Waals surface area contributed by atoms with E-state index >= 15 is 0 Å². The summed E-state index contributed by atoms with van der Waals surface area (Å²) in [5.41, 5.74) is 0. The van der Waals surface area contributed by atoms with Crippen LogP contribution in [0.3, 0.4) is 0 Å². The third kappa shape index (κ3) is 20.8. The Morgan fingerprint density at radius 1 is 0.591 bits per heavy atom. The molecule has 1 heterocycles.